The van der Waals surface area contributed by atoms with Crippen molar-refractivity contribution in [1.82, 2.24) is 0 Å². The van der Waals surface area contributed by atoms with Crippen LogP contribution < -0.4 is 10.2 Å². The molecule has 2 amide bonds. The molecule has 0 spiro atoms. The van der Waals surface area contributed by atoms with Gasteiger partial charge in [-0.25, -0.2) is 9.29 Å². The Balaban J connectivity index is 1.86. The minimum atomic E-state index is -0.438. The van der Waals surface area contributed by atoms with Gasteiger partial charge in [-0.15, -0.1) is 0 Å². The summed E-state index contributed by atoms with van der Waals surface area (Å²) in [6, 6.07) is 20.3. The first-order chi connectivity index (χ1) is 14.0. The Hall–Kier alpha value is -3.73. The number of carbonyl (C=O) groups is 2. The van der Waals surface area contributed by atoms with Crippen molar-refractivity contribution in [2.24, 2.45) is 0 Å². The molecule has 29 heavy (non-hydrogen) atoms. The minimum Gasteiger partial charge on any atom is -0.350 e. The van der Waals surface area contributed by atoms with Gasteiger partial charge < -0.3 is 5.32 Å². The lowest BCUT2D eigenvalue weighted by molar-refractivity contribution is -0.120. The molecule has 0 aliphatic carbocycles. The molecule has 1 aliphatic rings. The van der Waals surface area contributed by atoms with E-state index in [1.165, 1.54) is 29.2 Å². The maximum atomic E-state index is 13.4. The summed E-state index contributed by atoms with van der Waals surface area (Å²) in [5.74, 6) is -1.28. The summed E-state index contributed by atoms with van der Waals surface area (Å²) in [6.45, 7) is 3.76. The maximum Gasteiger partial charge on any atom is 0.282 e. The number of anilines is 2. The molecule has 5 heteroatoms. The summed E-state index contributed by atoms with van der Waals surface area (Å²) in [5.41, 5.74) is 3.90. The Kier molecular flexibility index (Phi) is 4.72. The summed E-state index contributed by atoms with van der Waals surface area (Å²) in [7, 11) is 0. The number of nitrogens with zero attached hydrogens (tertiary/aromatic N) is 1. The molecule has 0 atom stereocenters. The summed E-state index contributed by atoms with van der Waals surface area (Å²) >= 11 is 0. The van der Waals surface area contributed by atoms with Crippen molar-refractivity contribution in [2.45, 2.75) is 13.8 Å². The topological polar surface area (TPSA) is 49.4 Å². The van der Waals surface area contributed by atoms with Gasteiger partial charge in [-0.05, 0) is 54.8 Å². The minimum absolute atomic E-state index is 0.180. The molecule has 144 valence electrons. The van der Waals surface area contributed by atoms with Crippen molar-refractivity contribution < 1.29 is 14.0 Å². The molecule has 0 fully saturated rings. The van der Waals surface area contributed by atoms with Crippen LogP contribution >= 0.6 is 0 Å². The smallest absolute Gasteiger partial charge is 0.282 e. The van der Waals surface area contributed by atoms with E-state index in [-0.39, 0.29) is 11.3 Å². The summed E-state index contributed by atoms with van der Waals surface area (Å²) in [4.78, 5) is 27.9. The normalized spacial score (nSPS) is 14.0. The highest BCUT2D eigenvalue weighted by atomic mass is 19.1. The number of amides is 2. The van der Waals surface area contributed by atoms with Crippen LogP contribution in [0.3, 0.4) is 0 Å². The van der Waals surface area contributed by atoms with Gasteiger partial charge in [0.05, 0.1) is 11.3 Å². The number of halogens is 1. The highest BCUT2D eigenvalue weighted by Gasteiger charge is 2.40. The highest BCUT2D eigenvalue weighted by molar-refractivity contribution is 6.46. The zero-order valence-corrected chi connectivity index (χ0v) is 16.1. The van der Waals surface area contributed by atoms with Gasteiger partial charge in [0.25, 0.3) is 11.8 Å². The zero-order chi connectivity index (χ0) is 20.5. The van der Waals surface area contributed by atoms with Crippen LogP contribution in [-0.2, 0) is 9.59 Å². The second-order valence-corrected chi connectivity index (χ2v) is 6.93. The van der Waals surface area contributed by atoms with Crippen LogP contribution in [-0.4, -0.2) is 11.8 Å². The number of hydrogen-bond acceptors (Lipinski definition) is 3. The van der Waals surface area contributed by atoms with Crippen molar-refractivity contribution in [2.75, 3.05) is 10.2 Å². The fourth-order valence-electron chi connectivity index (χ4n) is 3.41. The van der Waals surface area contributed by atoms with E-state index in [9.17, 15) is 14.0 Å². The van der Waals surface area contributed by atoms with Gasteiger partial charge in [-0.3, -0.25) is 9.59 Å². The van der Waals surface area contributed by atoms with Crippen LogP contribution in [0.1, 0.15) is 16.7 Å². The predicted octanol–water partition coefficient (Wildman–Crippen LogP) is 4.84. The quantitative estimate of drug-likeness (QED) is 0.653. The van der Waals surface area contributed by atoms with Crippen LogP contribution in [0.15, 0.2) is 78.5 Å². The van der Waals surface area contributed by atoms with Gasteiger partial charge in [-0.1, -0.05) is 48.5 Å². The van der Waals surface area contributed by atoms with E-state index in [1.54, 1.807) is 12.1 Å². The van der Waals surface area contributed by atoms with Crippen LogP contribution in [0.25, 0.3) is 5.57 Å². The number of aryl methyl sites for hydroxylation is 2. The number of carbonyl (C=O) groups excluding carboxylic acids is 2. The Morgan fingerprint density at radius 2 is 1.38 bits per heavy atom. The van der Waals surface area contributed by atoms with Crippen molar-refractivity contribution in [3.05, 3.63) is 101 Å². The van der Waals surface area contributed by atoms with Gasteiger partial charge >= 0.3 is 0 Å². The molecular weight excluding hydrogens is 367 g/mol. The van der Waals surface area contributed by atoms with E-state index in [0.29, 0.717) is 11.3 Å². The van der Waals surface area contributed by atoms with Gasteiger partial charge in [0.1, 0.15) is 11.5 Å². The van der Waals surface area contributed by atoms with Crippen molar-refractivity contribution in [3.63, 3.8) is 0 Å². The lowest BCUT2D eigenvalue weighted by atomic mass is 10.0. The van der Waals surface area contributed by atoms with E-state index in [1.807, 2.05) is 50.2 Å². The largest absolute Gasteiger partial charge is 0.350 e. The number of rotatable bonds is 4. The first-order valence-corrected chi connectivity index (χ1v) is 9.24. The number of para-hydroxylation sites is 2. The number of nitrogens with one attached hydrogen (secondary N) is 1. The summed E-state index contributed by atoms with van der Waals surface area (Å²) < 4.78 is 13.4. The SMILES string of the molecule is Cc1ccccc1NC1=C(c2ccc(F)cc2)C(=O)N(c2ccccc2C)C1=O. The molecule has 0 saturated carbocycles. The molecule has 3 aromatic rings. The van der Waals surface area contributed by atoms with Gasteiger partial charge in [0, 0.05) is 5.69 Å². The summed E-state index contributed by atoms with van der Waals surface area (Å²) in [6.07, 6.45) is 0. The molecule has 0 bridgehead atoms. The zero-order valence-electron chi connectivity index (χ0n) is 16.1. The van der Waals surface area contributed by atoms with Crippen molar-refractivity contribution in [3.8, 4) is 0 Å². The van der Waals surface area contributed by atoms with Crippen LogP contribution in [0, 0.1) is 19.7 Å². The Morgan fingerprint density at radius 1 is 0.759 bits per heavy atom. The Labute approximate surface area is 168 Å². The average Bonchev–Trinajstić information content (AvgIpc) is 2.95. The number of hydrogen-bond donors (Lipinski definition) is 1. The molecule has 1 N–H and O–H groups in total. The first kappa shape index (κ1) is 18.6. The number of imide groups is 1. The molecule has 3 aromatic carbocycles. The molecule has 0 aromatic heterocycles. The van der Waals surface area contributed by atoms with Crippen LogP contribution in [0.2, 0.25) is 0 Å². The monoisotopic (exact) mass is 386 g/mol. The third-order valence-electron chi connectivity index (χ3n) is 4.98. The Morgan fingerprint density at radius 3 is 2.03 bits per heavy atom. The molecule has 1 heterocycles. The average molecular weight is 386 g/mol. The highest BCUT2D eigenvalue weighted by Crippen LogP contribution is 2.35. The predicted molar refractivity (Wildman–Crippen MR) is 112 cm³/mol. The fraction of sp³-hybridized carbons (Fsp3) is 0.0833. The van der Waals surface area contributed by atoms with Crippen LogP contribution in [0.4, 0.5) is 15.8 Å². The third kappa shape index (κ3) is 3.31. The molecule has 0 saturated heterocycles. The van der Waals surface area contributed by atoms with Crippen molar-refractivity contribution >= 4 is 28.8 Å². The third-order valence-corrected chi connectivity index (χ3v) is 4.98. The van der Waals surface area contributed by atoms with E-state index in [4.69, 9.17) is 0 Å². The second kappa shape index (κ2) is 7.36. The van der Waals surface area contributed by atoms with E-state index in [0.717, 1.165) is 16.8 Å². The lowest BCUT2D eigenvalue weighted by Crippen LogP contribution is -2.33. The second-order valence-electron chi connectivity index (χ2n) is 6.93. The van der Waals surface area contributed by atoms with Crippen molar-refractivity contribution in [1.29, 1.82) is 0 Å². The molecule has 0 unspecified atom stereocenters. The van der Waals surface area contributed by atoms with E-state index >= 15 is 0 Å². The molecular formula is C24H19FN2O2. The fourth-order valence-corrected chi connectivity index (χ4v) is 3.41. The standard InChI is InChI=1S/C24H19FN2O2/c1-15-7-3-5-9-19(15)26-22-21(17-11-13-18(25)14-12-17)23(28)27(24(22)29)20-10-6-4-8-16(20)2/h3-14,26H,1-2H3. The van der Waals surface area contributed by atoms with E-state index in [2.05, 4.69) is 5.32 Å². The summed E-state index contributed by atoms with van der Waals surface area (Å²) in [5, 5.41) is 3.15. The lowest BCUT2D eigenvalue weighted by Gasteiger charge is -2.17. The van der Waals surface area contributed by atoms with Gasteiger partial charge in [-0.2, -0.15) is 0 Å². The van der Waals surface area contributed by atoms with Gasteiger partial charge in [0.2, 0.25) is 0 Å². The molecule has 4 nitrogen and oxygen atoms in total. The first-order valence-electron chi connectivity index (χ1n) is 9.24. The van der Waals surface area contributed by atoms with E-state index < -0.39 is 17.6 Å². The molecule has 4 rings (SSSR count). The molecule has 1 aliphatic heterocycles. The maximum absolute atomic E-state index is 13.4. The van der Waals surface area contributed by atoms with Crippen LogP contribution in [0.5, 0.6) is 0 Å². The van der Waals surface area contributed by atoms with Gasteiger partial charge in [0.15, 0.2) is 0 Å². The number of benzene rings is 3. The Bertz CT molecular complexity index is 1150. The molecule has 0 radical (unpaired) electrons.